The molecule has 4 amide bonds. The van der Waals surface area contributed by atoms with Crippen LogP contribution < -0.4 is 15.4 Å². The number of rotatable bonds is 16. The number of ether oxygens (including phenoxy) is 1. The fraction of sp³-hybridized carbons (Fsp3) is 0.364. The van der Waals surface area contributed by atoms with Crippen molar-refractivity contribution in [2.24, 2.45) is 5.92 Å². The number of benzene rings is 3. The molecule has 0 unspecified atom stereocenters. The zero-order chi connectivity index (χ0) is 39.5. The van der Waals surface area contributed by atoms with E-state index in [0.29, 0.717) is 38.5 Å². The molecule has 3 aliphatic rings. The van der Waals surface area contributed by atoms with Gasteiger partial charge < -0.3 is 35.1 Å². The van der Waals surface area contributed by atoms with E-state index >= 15 is 0 Å². The SMILES string of the molecule is CCCN(Cc1nc2c([nH]1)-c1cc3c(cc1CC2)-c1ccc(-c2cnc(CN(CCC)C(=O)[C@H](NC(=O)C4CC4)c4ccccc4)[nH]2)cc1CO3)C(=O)CNC=O. The van der Waals surface area contributed by atoms with Gasteiger partial charge in [-0.05, 0) is 84.5 Å². The van der Waals surface area contributed by atoms with Crippen molar-refractivity contribution < 1.29 is 23.9 Å². The first-order valence-corrected chi connectivity index (χ1v) is 20.0. The molecule has 2 aromatic heterocycles. The summed E-state index contributed by atoms with van der Waals surface area (Å²) < 4.78 is 6.39. The van der Waals surface area contributed by atoms with Gasteiger partial charge in [0.1, 0.15) is 30.0 Å². The summed E-state index contributed by atoms with van der Waals surface area (Å²) in [4.78, 5) is 70.3. The van der Waals surface area contributed by atoms with Crippen molar-refractivity contribution in [1.82, 2.24) is 40.4 Å². The number of hydrogen-bond donors (Lipinski definition) is 4. The van der Waals surface area contributed by atoms with E-state index in [1.54, 1.807) is 16.0 Å². The molecule has 13 nitrogen and oxygen atoms in total. The van der Waals surface area contributed by atoms with Gasteiger partial charge >= 0.3 is 0 Å². The summed E-state index contributed by atoms with van der Waals surface area (Å²) in [5.74, 6) is 1.82. The van der Waals surface area contributed by atoms with Gasteiger partial charge in [-0.25, -0.2) is 9.97 Å². The van der Waals surface area contributed by atoms with E-state index in [2.05, 4.69) is 55.9 Å². The van der Waals surface area contributed by atoms with Crippen molar-refractivity contribution in [3.8, 4) is 39.4 Å². The van der Waals surface area contributed by atoms with E-state index in [-0.39, 0.29) is 36.7 Å². The van der Waals surface area contributed by atoms with Crippen LogP contribution in [0.25, 0.3) is 33.6 Å². The van der Waals surface area contributed by atoms with Crippen molar-refractivity contribution in [3.63, 3.8) is 0 Å². The number of carbonyl (C=O) groups is 4. The second-order valence-electron chi connectivity index (χ2n) is 15.1. The molecule has 1 aliphatic heterocycles. The molecule has 0 saturated heterocycles. The predicted molar refractivity (Wildman–Crippen MR) is 214 cm³/mol. The number of aryl methyl sites for hydroxylation is 2. The summed E-state index contributed by atoms with van der Waals surface area (Å²) in [6.07, 6.45) is 7.24. The van der Waals surface area contributed by atoms with Gasteiger partial charge in [0, 0.05) is 30.1 Å². The van der Waals surface area contributed by atoms with Crippen LogP contribution in [0.15, 0.2) is 66.9 Å². The highest BCUT2D eigenvalue weighted by atomic mass is 16.5. The van der Waals surface area contributed by atoms with Gasteiger partial charge in [0.15, 0.2) is 0 Å². The Bertz CT molecular complexity index is 2290. The zero-order valence-corrected chi connectivity index (χ0v) is 32.4. The third-order valence-electron chi connectivity index (χ3n) is 10.9. The zero-order valence-electron chi connectivity index (χ0n) is 32.4. The fourth-order valence-corrected chi connectivity index (χ4v) is 7.90. The second kappa shape index (κ2) is 16.5. The molecule has 57 heavy (non-hydrogen) atoms. The van der Waals surface area contributed by atoms with Gasteiger partial charge in [-0.2, -0.15) is 0 Å². The number of fused-ring (bicyclic) bond motifs is 6. The molecular formula is C44H48N8O5. The van der Waals surface area contributed by atoms with E-state index in [0.717, 1.165) is 101 Å². The Balaban J connectivity index is 0.989. The van der Waals surface area contributed by atoms with Crippen LogP contribution in [0.5, 0.6) is 5.75 Å². The molecular weight excluding hydrogens is 721 g/mol. The quantitative estimate of drug-likeness (QED) is 0.0947. The number of aromatic amines is 2. The van der Waals surface area contributed by atoms with Gasteiger partial charge in [-0.15, -0.1) is 0 Å². The average molecular weight is 769 g/mol. The van der Waals surface area contributed by atoms with Crippen LogP contribution in [0.3, 0.4) is 0 Å². The first-order chi connectivity index (χ1) is 27.8. The number of hydrogen-bond acceptors (Lipinski definition) is 7. The molecule has 3 heterocycles. The number of imidazole rings is 2. The maximum absolute atomic E-state index is 14.0. The highest BCUT2D eigenvalue weighted by molar-refractivity contribution is 5.90. The van der Waals surface area contributed by atoms with Crippen LogP contribution in [-0.2, 0) is 51.7 Å². The fourth-order valence-electron chi connectivity index (χ4n) is 7.90. The van der Waals surface area contributed by atoms with E-state index in [9.17, 15) is 19.2 Å². The van der Waals surface area contributed by atoms with Gasteiger partial charge in [0.2, 0.25) is 24.1 Å². The number of carbonyl (C=O) groups excluding carboxylic acids is 4. The number of aromatic nitrogens is 4. The minimum Gasteiger partial charge on any atom is -0.488 e. The Morgan fingerprint density at radius 3 is 2.46 bits per heavy atom. The molecule has 8 rings (SSSR count). The van der Waals surface area contributed by atoms with Gasteiger partial charge in [-0.3, -0.25) is 19.2 Å². The van der Waals surface area contributed by atoms with Crippen LogP contribution in [0.4, 0.5) is 0 Å². The molecule has 1 atom stereocenters. The Labute approximate surface area is 331 Å². The third kappa shape index (κ3) is 8.05. The van der Waals surface area contributed by atoms with Crippen LogP contribution in [-0.4, -0.2) is 73.5 Å². The number of amides is 4. The maximum atomic E-state index is 14.0. The average Bonchev–Trinajstić information content (AvgIpc) is 3.85. The van der Waals surface area contributed by atoms with Crippen molar-refractivity contribution in [2.75, 3.05) is 19.6 Å². The second-order valence-corrected chi connectivity index (χ2v) is 15.1. The summed E-state index contributed by atoms with van der Waals surface area (Å²) in [5, 5.41) is 5.50. The molecule has 3 aromatic carbocycles. The Hall–Kier alpha value is -6.24. The topological polar surface area (TPSA) is 165 Å². The van der Waals surface area contributed by atoms with Crippen LogP contribution in [0.1, 0.15) is 79.6 Å². The minimum absolute atomic E-state index is 0.0108. The molecule has 2 aliphatic carbocycles. The largest absolute Gasteiger partial charge is 0.488 e. The first-order valence-electron chi connectivity index (χ1n) is 20.0. The van der Waals surface area contributed by atoms with Crippen LogP contribution in [0, 0.1) is 5.92 Å². The standard InChI is InChI=1S/C44H48N8O5/c1-3-16-51(40(54)22-45-26-53)24-39-47-35-15-13-29-19-34-32-14-12-30(18-31(32)25-57-37(34)20-33(29)42(35)49-39)36-21-46-38(48-36)23-52(17-4-2)44(56)41(27-8-6-5-7-9-27)50-43(55)28-10-11-28/h5-9,12,14,18-21,26,28,41H,3-4,10-11,13,15-17,22-25H2,1-2H3,(H,45,53)(H,46,48)(H,47,49)(H,50,55)/t41-/m1/s1. The summed E-state index contributed by atoms with van der Waals surface area (Å²) in [6.45, 7) is 6.15. The molecule has 0 spiro atoms. The number of nitrogens with one attached hydrogen (secondary N) is 4. The summed E-state index contributed by atoms with van der Waals surface area (Å²) in [6, 6.07) is 19.4. The van der Waals surface area contributed by atoms with E-state index in [4.69, 9.17) is 9.72 Å². The van der Waals surface area contributed by atoms with E-state index in [1.807, 2.05) is 44.2 Å². The van der Waals surface area contributed by atoms with Gasteiger partial charge in [0.25, 0.3) is 0 Å². The highest BCUT2D eigenvalue weighted by Crippen LogP contribution is 2.44. The molecule has 4 N–H and O–H groups in total. The van der Waals surface area contributed by atoms with Gasteiger partial charge in [-0.1, -0.05) is 56.3 Å². The van der Waals surface area contributed by atoms with Gasteiger partial charge in [0.05, 0.1) is 42.9 Å². The van der Waals surface area contributed by atoms with E-state index in [1.165, 1.54) is 5.56 Å². The molecule has 294 valence electrons. The Morgan fingerprint density at radius 2 is 1.68 bits per heavy atom. The Morgan fingerprint density at radius 1 is 0.895 bits per heavy atom. The molecule has 13 heteroatoms. The van der Waals surface area contributed by atoms with Crippen molar-refractivity contribution in [2.45, 2.75) is 78.1 Å². The minimum atomic E-state index is -0.759. The lowest BCUT2D eigenvalue weighted by molar-refractivity contribution is -0.137. The van der Waals surface area contributed by atoms with E-state index < -0.39 is 6.04 Å². The van der Waals surface area contributed by atoms with Crippen LogP contribution >= 0.6 is 0 Å². The van der Waals surface area contributed by atoms with Crippen LogP contribution in [0.2, 0.25) is 0 Å². The number of H-pyrrole nitrogens is 2. The molecule has 0 radical (unpaired) electrons. The van der Waals surface area contributed by atoms with Crippen molar-refractivity contribution >= 4 is 24.1 Å². The predicted octanol–water partition coefficient (Wildman–Crippen LogP) is 5.62. The lowest BCUT2D eigenvalue weighted by atomic mass is 9.86. The lowest BCUT2D eigenvalue weighted by Gasteiger charge is -2.27. The smallest absolute Gasteiger partial charge is 0.250 e. The molecule has 1 fully saturated rings. The highest BCUT2D eigenvalue weighted by Gasteiger charge is 2.35. The number of nitrogens with zero attached hydrogens (tertiary/aromatic N) is 4. The summed E-state index contributed by atoms with van der Waals surface area (Å²) in [7, 11) is 0. The lowest BCUT2D eigenvalue weighted by Crippen LogP contribution is -2.43. The maximum Gasteiger partial charge on any atom is 0.250 e. The normalized spacial score (nSPS) is 14.2. The molecule has 1 saturated carbocycles. The monoisotopic (exact) mass is 768 g/mol. The molecule has 0 bridgehead atoms. The Kier molecular flexibility index (Phi) is 10.9. The third-order valence-corrected chi connectivity index (χ3v) is 10.9. The summed E-state index contributed by atoms with van der Waals surface area (Å²) >= 11 is 0. The first kappa shape index (κ1) is 37.7. The molecule has 5 aromatic rings. The van der Waals surface area contributed by atoms with Crippen molar-refractivity contribution in [1.29, 1.82) is 0 Å². The van der Waals surface area contributed by atoms with Crippen molar-refractivity contribution in [3.05, 3.63) is 101 Å². The summed E-state index contributed by atoms with van der Waals surface area (Å²) in [5.41, 5.74) is 10.0.